The van der Waals surface area contributed by atoms with E-state index in [9.17, 15) is 0 Å². The van der Waals surface area contributed by atoms with E-state index >= 15 is 0 Å². The summed E-state index contributed by atoms with van der Waals surface area (Å²) in [5, 5.41) is 0. The highest BCUT2D eigenvalue weighted by atomic mass is 28.4. The maximum absolute atomic E-state index is 3.19. The molecular formula is C20H47NSi2. The van der Waals surface area contributed by atoms with Crippen LogP contribution in [0.4, 0.5) is 0 Å². The summed E-state index contributed by atoms with van der Waals surface area (Å²) < 4.78 is 3.19. The van der Waals surface area contributed by atoms with Crippen molar-refractivity contribution in [3.63, 3.8) is 0 Å². The molecule has 0 aromatic rings. The van der Waals surface area contributed by atoms with E-state index < -0.39 is 17.2 Å². The van der Waals surface area contributed by atoms with E-state index in [4.69, 9.17) is 0 Å². The van der Waals surface area contributed by atoms with Gasteiger partial charge in [0.05, 0.1) is 0 Å². The minimum Gasteiger partial charge on any atom is -0.348 e. The molecule has 0 fully saturated rings. The molecule has 1 nitrogen and oxygen atoms in total. The Balaban J connectivity index is 5.01. The lowest BCUT2D eigenvalue weighted by atomic mass is 10.2. The largest absolute Gasteiger partial charge is 0.348 e. The van der Waals surface area contributed by atoms with Gasteiger partial charge in [-0.25, -0.2) is 0 Å². The van der Waals surface area contributed by atoms with Gasteiger partial charge in [0, 0.05) is 0 Å². The van der Waals surface area contributed by atoms with Crippen molar-refractivity contribution in [1.82, 2.24) is 4.23 Å². The van der Waals surface area contributed by atoms with Crippen LogP contribution in [0.3, 0.4) is 0 Å². The molecule has 0 radical (unpaired) electrons. The summed E-state index contributed by atoms with van der Waals surface area (Å²) >= 11 is 0. The van der Waals surface area contributed by atoms with Gasteiger partial charge in [-0.2, -0.15) is 0 Å². The van der Waals surface area contributed by atoms with Crippen molar-refractivity contribution in [3.8, 4) is 0 Å². The molecule has 0 aromatic carbocycles. The van der Waals surface area contributed by atoms with Crippen molar-refractivity contribution >= 4 is 17.2 Å². The molecule has 0 saturated carbocycles. The normalized spacial score (nSPS) is 12.5. The van der Waals surface area contributed by atoms with E-state index in [1.807, 2.05) is 0 Å². The first-order chi connectivity index (χ1) is 11.2. The molecule has 140 valence electrons. The highest BCUT2D eigenvalue weighted by Crippen LogP contribution is 2.32. The fraction of sp³-hybridized carbons (Fsp3) is 1.00. The van der Waals surface area contributed by atoms with E-state index in [0.29, 0.717) is 0 Å². The zero-order valence-electron chi connectivity index (χ0n) is 17.4. The molecule has 0 heterocycles. The minimum absolute atomic E-state index is 0.672. The summed E-state index contributed by atoms with van der Waals surface area (Å²) in [7, 11) is -1.88. The molecule has 0 aliphatic rings. The minimum atomic E-state index is -1.21. The fourth-order valence-electron chi connectivity index (χ4n) is 4.44. The summed E-state index contributed by atoms with van der Waals surface area (Å²) in [6, 6.07) is 7.63. The smallest absolute Gasteiger partial charge is 0.121 e. The Labute approximate surface area is 151 Å². The number of rotatable bonds is 16. The summed E-state index contributed by atoms with van der Waals surface area (Å²) in [5.41, 5.74) is 0. The maximum Gasteiger partial charge on any atom is 0.121 e. The molecule has 0 saturated heterocycles. The van der Waals surface area contributed by atoms with Crippen LogP contribution in [0, 0.1) is 0 Å². The molecule has 3 heteroatoms. The third-order valence-corrected chi connectivity index (χ3v) is 17.3. The first kappa shape index (κ1) is 23.4. The number of hydrogen-bond acceptors (Lipinski definition) is 1. The van der Waals surface area contributed by atoms with Gasteiger partial charge in [0.2, 0.25) is 0 Å². The monoisotopic (exact) mass is 357 g/mol. The summed E-state index contributed by atoms with van der Waals surface area (Å²) in [4.78, 5) is 0. The number of nitrogens with zero attached hydrogens (tertiary/aromatic N) is 1. The fourth-order valence-corrected chi connectivity index (χ4v) is 16.4. The first-order valence-corrected chi connectivity index (χ1v) is 15.6. The molecule has 0 N–H and O–H groups in total. The summed E-state index contributed by atoms with van der Waals surface area (Å²) in [6.45, 7) is 15.9. The second-order valence-corrected chi connectivity index (χ2v) is 16.3. The Morgan fingerprint density at radius 2 is 1.13 bits per heavy atom. The van der Waals surface area contributed by atoms with Gasteiger partial charge >= 0.3 is 0 Å². The zero-order chi connectivity index (χ0) is 17.6. The highest BCUT2D eigenvalue weighted by molar-refractivity contribution is 6.85. The standard InChI is InChI=1S/C20H47NSi2/c1-7-13-15-17-19-23(12-6,20-18-16-14-8-2)21(9-3)22(10-4)11-5/h22H,7-20H2,1-6H3. The van der Waals surface area contributed by atoms with Crippen LogP contribution in [0.2, 0.25) is 30.2 Å². The second-order valence-electron chi connectivity index (χ2n) is 7.46. The third-order valence-electron chi connectivity index (χ3n) is 5.98. The van der Waals surface area contributed by atoms with E-state index in [-0.39, 0.29) is 0 Å². The SMILES string of the molecule is CCCCCC[Si](CC)(CCCCCC)N(CC)[SiH](CC)CC. The van der Waals surface area contributed by atoms with Gasteiger partial charge in [-0.05, 0) is 24.7 Å². The van der Waals surface area contributed by atoms with E-state index in [0.717, 1.165) is 0 Å². The summed E-state index contributed by atoms with van der Waals surface area (Å²) in [5.74, 6) is 0. The van der Waals surface area contributed by atoms with Crippen LogP contribution in [-0.4, -0.2) is 28.0 Å². The zero-order valence-corrected chi connectivity index (χ0v) is 19.6. The van der Waals surface area contributed by atoms with Crippen LogP contribution in [0.25, 0.3) is 0 Å². The van der Waals surface area contributed by atoms with Crippen molar-refractivity contribution in [2.75, 3.05) is 6.54 Å². The van der Waals surface area contributed by atoms with Gasteiger partial charge in [-0.1, -0.05) is 105 Å². The molecular weight excluding hydrogens is 310 g/mol. The topological polar surface area (TPSA) is 3.24 Å². The Morgan fingerprint density at radius 3 is 1.43 bits per heavy atom. The number of hydrogen-bond donors (Lipinski definition) is 0. The average Bonchev–Trinajstić information content (AvgIpc) is 2.59. The van der Waals surface area contributed by atoms with Crippen molar-refractivity contribution in [3.05, 3.63) is 0 Å². The molecule has 0 aromatic heterocycles. The van der Waals surface area contributed by atoms with Crippen LogP contribution in [0.15, 0.2) is 0 Å². The molecule has 0 unspecified atom stereocenters. The van der Waals surface area contributed by atoms with E-state index in [1.165, 1.54) is 76.0 Å². The molecule has 0 bridgehead atoms. The van der Waals surface area contributed by atoms with Gasteiger partial charge in [-0.3, -0.25) is 0 Å². The molecule has 0 aliphatic carbocycles. The quantitative estimate of drug-likeness (QED) is 0.208. The van der Waals surface area contributed by atoms with E-state index in [2.05, 4.69) is 45.8 Å². The van der Waals surface area contributed by atoms with Gasteiger partial charge < -0.3 is 4.23 Å². The molecule has 0 amide bonds. The summed E-state index contributed by atoms with van der Waals surface area (Å²) in [6.07, 6.45) is 11.6. The lowest BCUT2D eigenvalue weighted by molar-refractivity contribution is 0.595. The number of unbranched alkanes of at least 4 members (excludes halogenated alkanes) is 6. The molecule has 0 rings (SSSR count). The van der Waals surface area contributed by atoms with Crippen LogP contribution in [-0.2, 0) is 0 Å². The molecule has 0 aliphatic heterocycles. The maximum atomic E-state index is 3.19. The van der Waals surface area contributed by atoms with Gasteiger partial charge in [0.15, 0.2) is 0 Å². The lowest BCUT2D eigenvalue weighted by Gasteiger charge is -2.46. The predicted octanol–water partition coefficient (Wildman–Crippen LogP) is 7.20. The Kier molecular flexibility index (Phi) is 15.0. The van der Waals surface area contributed by atoms with Crippen molar-refractivity contribution in [1.29, 1.82) is 0 Å². The van der Waals surface area contributed by atoms with Crippen molar-refractivity contribution < 1.29 is 0 Å². The van der Waals surface area contributed by atoms with Crippen molar-refractivity contribution in [2.24, 2.45) is 0 Å². The average molecular weight is 358 g/mol. The van der Waals surface area contributed by atoms with Crippen molar-refractivity contribution in [2.45, 2.75) is 123 Å². The third kappa shape index (κ3) is 8.35. The van der Waals surface area contributed by atoms with E-state index in [1.54, 1.807) is 12.1 Å². The molecule has 23 heavy (non-hydrogen) atoms. The van der Waals surface area contributed by atoms with Crippen LogP contribution < -0.4 is 0 Å². The Morgan fingerprint density at radius 1 is 0.652 bits per heavy atom. The molecule has 0 spiro atoms. The lowest BCUT2D eigenvalue weighted by Crippen LogP contribution is -2.59. The van der Waals surface area contributed by atoms with Gasteiger partial charge in [-0.15, -0.1) is 0 Å². The van der Waals surface area contributed by atoms with Crippen LogP contribution in [0.5, 0.6) is 0 Å². The Bertz CT molecular complexity index is 242. The van der Waals surface area contributed by atoms with Gasteiger partial charge in [0.1, 0.15) is 17.2 Å². The van der Waals surface area contributed by atoms with Crippen LogP contribution in [0.1, 0.15) is 92.9 Å². The Hall–Kier alpha value is 0.394. The first-order valence-electron chi connectivity index (χ1n) is 10.9. The molecule has 0 atom stereocenters. The van der Waals surface area contributed by atoms with Crippen LogP contribution >= 0.6 is 0 Å². The predicted molar refractivity (Wildman–Crippen MR) is 115 cm³/mol. The van der Waals surface area contributed by atoms with Gasteiger partial charge in [0.25, 0.3) is 0 Å². The highest BCUT2D eigenvalue weighted by Gasteiger charge is 2.38. The second kappa shape index (κ2) is 14.7.